The van der Waals surface area contributed by atoms with Crippen molar-refractivity contribution in [2.45, 2.75) is 26.4 Å². The lowest BCUT2D eigenvalue weighted by Crippen LogP contribution is -2.34. The number of rotatable bonds is 10. The highest BCUT2D eigenvalue weighted by molar-refractivity contribution is 5.94. The van der Waals surface area contributed by atoms with Crippen LogP contribution in [0.3, 0.4) is 0 Å². The SMILES string of the molecule is CCOC(=O)CCN(CCC#N)C(=O)c1ccc(OCc2ccccc2)cc1. The summed E-state index contributed by atoms with van der Waals surface area (Å²) in [6, 6.07) is 18.7. The summed E-state index contributed by atoms with van der Waals surface area (Å²) in [5, 5.41) is 8.82. The van der Waals surface area contributed by atoms with E-state index in [1.54, 1.807) is 31.2 Å². The molecule has 6 heteroatoms. The fraction of sp³-hybridized carbons (Fsp3) is 0.318. The average Bonchev–Trinajstić information content (AvgIpc) is 2.73. The van der Waals surface area contributed by atoms with Crippen molar-refractivity contribution in [3.63, 3.8) is 0 Å². The molecule has 0 bridgehead atoms. The van der Waals surface area contributed by atoms with Gasteiger partial charge in [0, 0.05) is 18.7 Å². The fourth-order valence-corrected chi connectivity index (χ4v) is 2.58. The molecule has 0 aliphatic rings. The molecule has 28 heavy (non-hydrogen) atoms. The van der Waals surface area contributed by atoms with Crippen LogP contribution in [-0.2, 0) is 16.1 Å². The Bertz CT molecular complexity index is 798. The first-order chi connectivity index (χ1) is 13.6. The van der Waals surface area contributed by atoms with E-state index in [0.29, 0.717) is 24.5 Å². The zero-order valence-corrected chi connectivity index (χ0v) is 16.0. The Morgan fingerprint density at radius 1 is 1.04 bits per heavy atom. The average molecular weight is 380 g/mol. The first-order valence-electron chi connectivity index (χ1n) is 9.22. The largest absolute Gasteiger partial charge is 0.489 e. The summed E-state index contributed by atoms with van der Waals surface area (Å²) in [7, 11) is 0. The van der Waals surface area contributed by atoms with Crippen molar-refractivity contribution in [2.24, 2.45) is 0 Å². The van der Waals surface area contributed by atoms with E-state index >= 15 is 0 Å². The molecular formula is C22H24N2O4. The number of nitriles is 1. The molecule has 0 N–H and O–H groups in total. The Morgan fingerprint density at radius 3 is 2.39 bits per heavy atom. The summed E-state index contributed by atoms with van der Waals surface area (Å²) in [5.74, 6) is 0.0755. The second-order valence-corrected chi connectivity index (χ2v) is 6.05. The number of carbonyl (C=O) groups is 2. The van der Waals surface area contributed by atoms with Gasteiger partial charge in [0.1, 0.15) is 12.4 Å². The van der Waals surface area contributed by atoms with Gasteiger partial charge >= 0.3 is 5.97 Å². The number of esters is 1. The number of hydrogen-bond donors (Lipinski definition) is 0. The summed E-state index contributed by atoms with van der Waals surface area (Å²) in [6.45, 7) is 2.96. The monoisotopic (exact) mass is 380 g/mol. The number of hydrogen-bond acceptors (Lipinski definition) is 5. The van der Waals surface area contributed by atoms with Gasteiger partial charge in [0.25, 0.3) is 5.91 Å². The van der Waals surface area contributed by atoms with Crippen molar-refractivity contribution in [2.75, 3.05) is 19.7 Å². The number of benzene rings is 2. The molecule has 6 nitrogen and oxygen atoms in total. The summed E-state index contributed by atoms with van der Waals surface area (Å²) in [4.78, 5) is 25.8. The quantitative estimate of drug-likeness (QED) is 0.589. The third-order valence-corrected chi connectivity index (χ3v) is 4.02. The Hall–Kier alpha value is -3.33. The lowest BCUT2D eigenvalue weighted by molar-refractivity contribution is -0.143. The minimum Gasteiger partial charge on any atom is -0.489 e. The zero-order valence-electron chi connectivity index (χ0n) is 16.0. The van der Waals surface area contributed by atoms with E-state index in [1.165, 1.54) is 4.90 Å². The van der Waals surface area contributed by atoms with Crippen LogP contribution in [0.4, 0.5) is 0 Å². The van der Waals surface area contributed by atoms with E-state index in [0.717, 1.165) is 5.56 Å². The summed E-state index contributed by atoms with van der Waals surface area (Å²) in [5.41, 5.74) is 1.54. The van der Waals surface area contributed by atoms with Crippen molar-refractivity contribution >= 4 is 11.9 Å². The van der Waals surface area contributed by atoms with Gasteiger partial charge in [0.05, 0.1) is 25.5 Å². The Balaban J connectivity index is 1.96. The Kier molecular flexibility index (Phi) is 8.54. The molecule has 146 valence electrons. The molecule has 0 atom stereocenters. The van der Waals surface area contributed by atoms with Gasteiger partial charge in [0.15, 0.2) is 0 Å². The summed E-state index contributed by atoms with van der Waals surface area (Å²) < 4.78 is 10.6. The van der Waals surface area contributed by atoms with Gasteiger partial charge in [0.2, 0.25) is 0 Å². The van der Waals surface area contributed by atoms with Crippen LogP contribution in [0.1, 0.15) is 35.7 Å². The predicted octanol–water partition coefficient (Wildman–Crippen LogP) is 3.57. The zero-order chi connectivity index (χ0) is 20.2. The molecule has 0 aromatic heterocycles. The second kappa shape index (κ2) is 11.4. The molecule has 0 spiro atoms. The topological polar surface area (TPSA) is 79.6 Å². The third kappa shape index (κ3) is 6.76. The predicted molar refractivity (Wildman–Crippen MR) is 105 cm³/mol. The highest BCUT2D eigenvalue weighted by atomic mass is 16.5. The van der Waals surface area contributed by atoms with Gasteiger partial charge < -0.3 is 14.4 Å². The Morgan fingerprint density at radius 2 is 1.75 bits per heavy atom. The summed E-state index contributed by atoms with van der Waals surface area (Å²) >= 11 is 0. The highest BCUT2D eigenvalue weighted by Gasteiger charge is 2.17. The summed E-state index contributed by atoms with van der Waals surface area (Å²) in [6.07, 6.45) is 0.302. The molecule has 0 aliphatic carbocycles. The maximum atomic E-state index is 12.7. The van der Waals surface area contributed by atoms with E-state index in [1.807, 2.05) is 36.4 Å². The smallest absolute Gasteiger partial charge is 0.307 e. The van der Waals surface area contributed by atoms with Gasteiger partial charge in [-0.1, -0.05) is 30.3 Å². The van der Waals surface area contributed by atoms with Gasteiger partial charge in [-0.05, 0) is 36.8 Å². The van der Waals surface area contributed by atoms with Gasteiger partial charge in [-0.2, -0.15) is 5.26 Å². The first kappa shape index (κ1) is 21.0. The van der Waals surface area contributed by atoms with Crippen LogP contribution in [0, 0.1) is 11.3 Å². The standard InChI is InChI=1S/C22H24N2O4/c1-2-27-21(25)13-16-24(15-6-14-23)22(26)19-9-11-20(12-10-19)28-17-18-7-4-3-5-8-18/h3-5,7-12H,2,6,13,15-17H2,1H3. The molecule has 2 rings (SSSR count). The van der Waals surface area contributed by atoms with E-state index < -0.39 is 0 Å². The van der Waals surface area contributed by atoms with Crippen molar-refractivity contribution in [1.29, 1.82) is 5.26 Å². The lowest BCUT2D eigenvalue weighted by Gasteiger charge is -2.21. The van der Waals surface area contributed by atoms with E-state index in [2.05, 4.69) is 0 Å². The normalized spacial score (nSPS) is 10.0. The molecule has 1 amide bonds. The van der Waals surface area contributed by atoms with Crippen LogP contribution in [0.5, 0.6) is 5.75 Å². The minimum atomic E-state index is -0.359. The van der Waals surface area contributed by atoms with Crippen LogP contribution in [-0.4, -0.2) is 36.5 Å². The van der Waals surface area contributed by atoms with Crippen molar-refractivity contribution < 1.29 is 19.1 Å². The van der Waals surface area contributed by atoms with Gasteiger partial charge in [-0.25, -0.2) is 0 Å². The molecule has 0 saturated heterocycles. The number of amides is 1. The minimum absolute atomic E-state index is 0.100. The molecule has 2 aromatic rings. The number of ether oxygens (including phenoxy) is 2. The Labute approximate surface area is 165 Å². The third-order valence-electron chi connectivity index (χ3n) is 4.02. The molecular weight excluding hydrogens is 356 g/mol. The molecule has 0 fully saturated rings. The molecule has 2 aromatic carbocycles. The first-order valence-corrected chi connectivity index (χ1v) is 9.22. The van der Waals surface area contributed by atoms with Crippen LogP contribution < -0.4 is 4.74 Å². The molecule has 0 heterocycles. The maximum Gasteiger partial charge on any atom is 0.307 e. The lowest BCUT2D eigenvalue weighted by atomic mass is 10.1. The van der Waals surface area contributed by atoms with E-state index in [-0.39, 0.29) is 37.8 Å². The number of carbonyl (C=O) groups excluding carboxylic acids is 2. The van der Waals surface area contributed by atoms with Crippen molar-refractivity contribution in [3.05, 3.63) is 65.7 Å². The van der Waals surface area contributed by atoms with Crippen LogP contribution >= 0.6 is 0 Å². The van der Waals surface area contributed by atoms with Crippen molar-refractivity contribution in [1.82, 2.24) is 4.90 Å². The number of nitrogens with zero attached hydrogens (tertiary/aromatic N) is 2. The fourth-order valence-electron chi connectivity index (χ4n) is 2.58. The van der Waals surface area contributed by atoms with Crippen LogP contribution in [0.15, 0.2) is 54.6 Å². The molecule has 0 radical (unpaired) electrons. The second-order valence-electron chi connectivity index (χ2n) is 6.05. The van der Waals surface area contributed by atoms with Gasteiger partial charge in [-0.3, -0.25) is 9.59 Å². The van der Waals surface area contributed by atoms with E-state index in [4.69, 9.17) is 14.7 Å². The van der Waals surface area contributed by atoms with Crippen LogP contribution in [0.25, 0.3) is 0 Å². The van der Waals surface area contributed by atoms with Crippen molar-refractivity contribution in [3.8, 4) is 11.8 Å². The molecule has 0 unspecified atom stereocenters. The van der Waals surface area contributed by atoms with Crippen LogP contribution in [0.2, 0.25) is 0 Å². The van der Waals surface area contributed by atoms with Gasteiger partial charge in [-0.15, -0.1) is 0 Å². The maximum absolute atomic E-state index is 12.7. The molecule has 0 aliphatic heterocycles. The van der Waals surface area contributed by atoms with E-state index in [9.17, 15) is 9.59 Å². The highest BCUT2D eigenvalue weighted by Crippen LogP contribution is 2.16. The molecule has 0 saturated carbocycles.